The maximum atomic E-state index is 12.9. The first-order valence-electron chi connectivity index (χ1n) is 53.3. The van der Waals surface area contributed by atoms with Crippen molar-refractivity contribution in [3.8, 4) is 0 Å². The van der Waals surface area contributed by atoms with Crippen LogP contribution in [0.3, 0.4) is 0 Å². The van der Waals surface area contributed by atoms with E-state index in [0.29, 0.717) is 35.5 Å². The number of rotatable bonds is 27. The molecule has 12 nitrogen and oxygen atoms in total. The van der Waals surface area contributed by atoms with Gasteiger partial charge in [-0.05, 0) is 505 Å². The molecule has 24 aliphatic carbocycles. The number of hydrogen-bond acceptors (Lipinski definition) is 12. The molecule has 12 heteroatoms. The Labute approximate surface area is 854 Å². The summed E-state index contributed by atoms with van der Waals surface area (Å²) in [6, 6.07) is 0. The molecule has 24 bridgehead atoms. The second-order valence-corrected chi connectivity index (χ2v) is 52.6. The summed E-state index contributed by atoms with van der Waals surface area (Å²) >= 11 is 0. The lowest BCUT2D eigenvalue weighted by atomic mass is 9.45. The Morgan fingerprint density at radius 3 is 0.818 bits per heavy atom. The lowest BCUT2D eigenvalue weighted by molar-refractivity contribution is -0.220. The van der Waals surface area contributed by atoms with Crippen molar-refractivity contribution in [3.05, 3.63) is 0 Å². The van der Waals surface area contributed by atoms with Gasteiger partial charge in [0.25, 0.3) is 0 Å². The number of esters is 6. The van der Waals surface area contributed by atoms with Gasteiger partial charge >= 0.3 is 35.8 Å². The first-order valence-corrected chi connectivity index (χ1v) is 53.3. The summed E-state index contributed by atoms with van der Waals surface area (Å²) in [7, 11) is 0. The summed E-state index contributed by atoms with van der Waals surface area (Å²) in [6.07, 6.45) is 55.3. The van der Waals surface area contributed by atoms with Gasteiger partial charge in [0, 0.05) is 16.2 Å². The van der Waals surface area contributed by atoms with E-state index in [-0.39, 0.29) is 215 Å². The van der Waals surface area contributed by atoms with Crippen LogP contribution in [0.4, 0.5) is 0 Å². The third-order valence-electron chi connectivity index (χ3n) is 41.5. The van der Waals surface area contributed by atoms with Crippen LogP contribution >= 0.6 is 0 Å². The Hall–Kier alpha value is -3.18. The van der Waals surface area contributed by atoms with Crippen molar-refractivity contribution < 1.29 is 57.2 Å². The Morgan fingerprint density at radius 2 is 0.526 bits per heavy atom. The van der Waals surface area contributed by atoms with Gasteiger partial charge in [-0.3, -0.25) is 28.8 Å². The second kappa shape index (κ2) is 50.0. The van der Waals surface area contributed by atoms with E-state index in [4.69, 9.17) is 28.4 Å². The van der Waals surface area contributed by atoms with E-state index >= 15 is 0 Å². The van der Waals surface area contributed by atoms with E-state index in [1.807, 2.05) is 83.1 Å². The predicted octanol–water partition coefficient (Wildman–Crippen LogP) is 37.3. The van der Waals surface area contributed by atoms with E-state index in [0.717, 1.165) is 147 Å². The molecule has 0 radical (unpaired) electrons. The average Bonchev–Trinajstić information content (AvgIpc) is 1.54. The Bertz CT molecular complexity index is 3530. The second-order valence-electron chi connectivity index (χ2n) is 52.6. The third kappa shape index (κ3) is 26.3. The molecule has 0 N–H and O–H groups in total. The summed E-state index contributed by atoms with van der Waals surface area (Å²) in [5.74, 6) is 17.5. The van der Waals surface area contributed by atoms with Crippen molar-refractivity contribution in [1.82, 2.24) is 0 Å². The van der Waals surface area contributed by atoms with Gasteiger partial charge in [0.15, 0.2) is 0 Å². The highest BCUT2D eigenvalue weighted by Gasteiger charge is 2.68. The predicted molar refractivity (Wildman–Crippen MR) is 587 cm³/mol. The van der Waals surface area contributed by atoms with E-state index in [9.17, 15) is 28.8 Å². The zero-order valence-corrected chi connectivity index (χ0v) is 84.7. The normalized spacial score (nSPS) is 36.8. The first-order chi connectivity index (χ1) is 57.9. The van der Waals surface area contributed by atoms with E-state index in [2.05, 4.69) is 96.9 Å². The quantitative estimate of drug-likeness (QED) is 0.0567. The summed E-state index contributed by atoms with van der Waals surface area (Å²) < 4.78 is 37.3. The number of hydrogen-bond donors (Lipinski definition) is 0. The Morgan fingerprint density at radius 1 is 0.277 bits per heavy atom. The minimum atomic E-state index is -0.365. The van der Waals surface area contributed by atoms with Crippen molar-refractivity contribution in [3.63, 3.8) is 0 Å². The molecule has 0 aromatic carbocycles. The summed E-state index contributed by atoms with van der Waals surface area (Å²) in [5, 5.41) is 0. The topological polar surface area (TPSA) is 158 Å². The molecular weight excluding hydrogens is 1690 g/mol. The molecule has 0 saturated heterocycles. The van der Waals surface area contributed by atoms with E-state index < -0.39 is 0 Å². The zero-order valence-electron chi connectivity index (χ0n) is 84.7. The average molecular weight is 1940 g/mol. The van der Waals surface area contributed by atoms with Crippen molar-refractivity contribution in [2.75, 3.05) is 0 Å². The Kier molecular flexibility index (Phi) is 48.9. The minimum Gasteiger partial charge on any atom is -0.459 e. The largest absolute Gasteiger partial charge is 0.459 e. The highest BCUT2D eigenvalue weighted by molar-refractivity contribution is 5.78. The molecule has 24 saturated carbocycles. The lowest BCUT2D eigenvalue weighted by Crippen LogP contribution is -2.60. The van der Waals surface area contributed by atoms with Crippen LogP contribution in [0.15, 0.2) is 0 Å². The first kappa shape index (κ1) is 134. The molecule has 24 rings (SSSR count). The maximum Gasteiger partial charge on any atom is 0.312 e. The van der Waals surface area contributed by atoms with Gasteiger partial charge in [-0.15, -0.1) is 0 Å². The SMILES string of the molecule is C.C.C.C.C.C.C.C.C.C.C.C.C.CC(C)C(=O)OC1(C)C2CC3CC(C2)CC1C3.CCC(C)(C)C(=O)OC(C)(C)C12CC3CC(CC(C3)C1)C2.CCC(C)(C)C(=O)OC(C)(C)C12CC3CC(CC1C3)C2.CCC(C)(C)C(=O)OC1(CC)C2CC3CC(C2)CC1C3.CCCCC(C)(OC(=O)C(C)(C)CC)C12CC3CC(CC(C3)C1)C2.CCCCC1(OC(=O)C(C)(C)CC)C2CC3CC(C2)CC1C3. The molecule has 3 unspecified atom stereocenters. The fourth-order valence-corrected chi connectivity index (χ4v) is 32.4. The van der Waals surface area contributed by atoms with Gasteiger partial charge in [-0.2, -0.15) is 0 Å². The Balaban J connectivity index is 0.00000159. The van der Waals surface area contributed by atoms with Gasteiger partial charge < -0.3 is 28.4 Å². The summed E-state index contributed by atoms with van der Waals surface area (Å²) in [5.41, 5.74) is -2.24. The maximum absolute atomic E-state index is 12.9. The number of carbonyl (C=O) groups is 6. The van der Waals surface area contributed by atoms with Gasteiger partial charge in [0.05, 0.1) is 33.0 Å². The number of unbranched alkanes of at least 4 members (excludes halogenated alkanes) is 2. The van der Waals surface area contributed by atoms with Crippen LogP contribution in [0, 0.1) is 174 Å². The molecule has 0 aromatic heterocycles. The monoisotopic (exact) mass is 1930 g/mol. The minimum absolute atomic E-state index is 0. The molecular formula is C125H240O12. The number of ether oxygens (including phenoxy) is 6. The molecule has 3 atom stereocenters. The van der Waals surface area contributed by atoms with Gasteiger partial charge in [0.2, 0.25) is 0 Å². The highest BCUT2D eigenvalue weighted by Crippen LogP contribution is 2.72. The summed E-state index contributed by atoms with van der Waals surface area (Å²) in [4.78, 5) is 75.4. The van der Waals surface area contributed by atoms with Gasteiger partial charge in [-0.1, -0.05) is 179 Å². The zero-order chi connectivity index (χ0) is 90.5. The number of carbonyl (C=O) groups excluding carboxylic acids is 6. The molecule has 0 aliphatic heterocycles. The summed E-state index contributed by atoms with van der Waals surface area (Å²) in [6.45, 7) is 54.4. The lowest BCUT2D eigenvalue weighted by Gasteiger charge is -2.62. The fraction of sp³-hybridized carbons (Fsp3) is 0.952. The molecule has 812 valence electrons. The molecule has 24 aliphatic rings. The third-order valence-corrected chi connectivity index (χ3v) is 41.5. The van der Waals surface area contributed by atoms with Crippen molar-refractivity contribution >= 4 is 35.8 Å². The molecule has 24 fully saturated rings. The van der Waals surface area contributed by atoms with E-state index in [1.165, 1.54) is 225 Å². The molecule has 0 heterocycles. The molecule has 0 spiro atoms. The fourth-order valence-electron chi connectivity index (χ4n) is 32.4. The van der Waals surface area contributed by atoms with Gasteiger partial charge in [-0.25, -0.2) is 0 Å². The van der Waals surface area contributed by atoms with E-state index in [1.54, 1.807) is 0 Å². The molecule has 0 amide bonds. The van der Waals surface area contributed by atoms with Crippen LogP contribution in [0.25, 0.3) is 0 Å². The van der Waals surface area contributed by atoms with Crippen LogP contribution in [0.5, 0.6) is 0 Å². The van der Waals surface area contributed by atoms with Crippen molar-refractivity contribution in [2.24, 2.45) is 174 Å². The van der Waals surface area contributed by atoms with Crippen LogP contribution in [0.1, 0.15) is 559 Å². The molecule has 137 heavy (non-hydrogen) atoms. The van der Waals surface area contributed by atoms with Crippen LogP contribution in [-0.2, 0) is 57.2 Å². The standard InChI is InChI=1S/C22H38O2.C20H34O2.C19H32O2.2C18H30O2.C15H24O2.13CH4/c1-6-8-9-21(5,24-19(23)20(3,4)7-2)22-13-16-10-17(14-22)12-18(11-16)15-22;1-5-7-8-20(22-18(21)19(3,4)6-2)16-10-14-9-15(12-16)13-17(20)11-14;1-6-17(2,3)16(20)21-18(4,5)19-10-13-7-14(11-19)9-15(8-13)12-19;1-6-16(2,3)15(19)20-17(4,5)18-10-12-7-13(11-18)9-14(18)8-12;1-5-17(3,4)16(19)20-18(6-2)14-8-12-7-13(10-14)11-15(18)9-12;1-9(2)14(16)17-15(3)12-5-10-4-11(7-12)8-13(15)6-10;;;;;;;;;;;;;/h16-18H,6-15H2,1-5H3;14-17H,5-13H2,1-4H3;13-15H,6-12H2,1-5H3;12-14H,6-11H2,1-5H3;12-15H,5-11H2,1-4H3;9-13H,4-8H2,1-3H3;13*1H4. The highest BCUT2D eigenvalue weighted by atomic mass is 16.6. The van der Waals surface area contributed by atoms with Crippen LogP contribution in [0.2, 0.25) is 0 Å². The van der Waals surface area contributed by atoms with Crippen molar-refractivity contribution in [2.45, 2.75) is 593 Å². The van der Waals surface area contributed by atoms with Crippen LogP contribution in [-0.4, -0.2) is 69.4 Å². The van der Waals surface area contributed by atoms with Crippen molar-refractivity contribution in [1.29, 1.82) is 0 Å². The molecule has 0 aromatic rings. The smallest absolute Gasteiger partial charge is 0.312 e. The van der Waals surface area contributed by atoms with Crippen LogP contribution < -0.4 is 0 Å². The van der Waals surface area contributed by atoms with Gasteiger partial charge in [0.1, 0.15) is 33.6 Å².